The van der Waals surface area contributed by atoms with Crippen LogP contribution < -0.4 is 5.32 Å². The van der Waals surface area contributed by atoms with Gasteiger partial charge in [-0.2, -0.15) is 0 Å². The molecule has 2 nitrogen and oxygen atoms in total. The molecule has 0 unspecified atom stereocenters. The summed E-state index contributed by atoms with van der Waals surface area (Å²) in [4.78, 5) is 0. The summed E-state index contributed by atoms with van der Waals surface area (Å²) < 4.78 is 0. The molecule has 0 aliphatic heterocycles. The average molecular weight is 566 g/mol. The summed E-state index contributed by atoms with van der Waals surface area (Å²) in [5.74, 6) is 0. The number of unbranched alkanes of at least 4 members (excludes halogenated alkanes) is 32. The maximum atomic E-state index is 8.79. The summed E-state index contributed by atoms with van der Waals surface area (Å²) in [5, 5.41) is 12.5. The second kappa shape index (κ2) is 38.9. The van der Waals surface area contributed by atoms with Gasteiger partial charge in [-0.1, -0.05) is 206 Å². The largest absolute Gasteiger partial charge is 0.396 e. The summed E-state index contributed by atoms with van der Waals surface area (Å²) in [6.07, 6.45) is 48.4. The molecule has 0 atom stereocenters. The standard InChI is InChI=1S/C38H79NO/c1-2-3-4-5-6-7-8-9-18-21-24-27-30-33-36-39-37-34-31-28-25-22-19-16-14-12-10-11-13-15-17-20-23-26-29-32-35-38-40/h39-40H,2-38H2,1H3. The predicted octanol–water partition coefficient (Wildman–Crippen LogP) is 12.9. The van der Waals surface area contributed by atoms with Crippen LogP contribution in [-0.2, 0) is 0 Å². The number of aliphatic hydroxyl groups is 1. The zero-order chi connectivity index (χ0) is 28.9. The van der Waals surface area contributed by atoms with Crippen LogP contribution in [0, 0.1) is 0 Å². The van der Waals surface area contributed by atoms with Crippen LogP contribution in [0.3, 0.4) is 0 Å². The van der Waals surface area contributed by atoms with Crippen LogP contribution in [0.25, 0.3) is 0 Å². The van der Waals surface area contributed by atoms with Crippen molar-refractivity contribution in [3.63, 3.8) is 0 Å². The lowest BCUT2D eigenvalue weighted by Gasteiger charge is -2.06. The van der Waals surface area contributed by atoms with Crippen LogP contribution in [0.4, 0.5) is 0 Å². The van der Waals surface area contributed by atoms with E-state index in [0.717, 1.165) is 6.42 Å². The fourth-order valence-electron chi connectivity index (χ4n) is 6.11. The average Bonchev–Trinajstić information content (AvgIpc) is 2.97. The van der Waals surface area contributed by atoms with Crippen molar-refractivity contribution in [3.05, 3.63) is 0 Å². The molecule has 0 heterocycles. The van der Waals surface area contributed by atoms with Gasteiger partial charge in [0.25, 0.3) is 0 Å². The number of aliphatic hydroxyl groups excluding tert-OH is 1. The highest BCUT2D eigenvalue weighted by molar-refractivity contribution is 4.54. The lowest BCUT2D eigenvalue weighted by molar-refractivity contribution is 0.282. The van der Waals surface area contributed by atoms with E-state index >= 15 is 0 Å². The van der Waals surface area contributed by atoms with E-state index < -0.39 is 0 Å². The Morgan fingerprint density at radius 2 is 0.475 bits per heavy atom. The molecular formula is C38H79NO. The minimum Gasteiger partial charge on any atom is -0.396 e. The maximum Gasteiger partial charge on any atom is 0.0431 e. The van der Waals surface area contributed by atoms with Crippen LogP contribution in [0.2, 0.25) is 0 Å². The van der Waals surface area contributed by atoms with Gasteiger partial charge in [0.05, 0.1) is 0 Å². The van der Waals surface area contributed by atoms with E-state index in [1.165, 1.54) is 225 Å². The fourth-order valence-corrected chi connectivity index (χ4v) is 6.11. The summed E-state index contributed by atoms with van der Waals surface area (Å²) in [6.45, 7) is 5.16. The molecule has 0 rings (SSSR count). The molecule has 0 aromatic carbocycles. The summed E-state index contributed by atoms with van der Waals surface area (Å²) >= 11 is 0. The van der Waals surface area contributed by atoms with Crippen molar-refractivity contribution >= 4 is 0 Å². The first-order chi connectivity index (χ1) is 19.9. The molecule has 0 aliphatic carbocycles. The van der Waals surface area contributed by atoms with Crippen molar-refractivity contribution < 1.29 is 5.11 Å². The molecule has 0 saturated carbocycles. The van der Waals surface area contributed by atoms with Gasteiger partial charge in [-0.25, -0.2) is 0 Å². The number of hydrogen-bond acceptors (Lipinski definition) is 2. The van der Waals surface area contributed by atoms with Gasteiger partial charge < -0.3 is 10.4 Å². The zero-order valence-electron chi connectivity index (χ0n) is 28.1. The topological polar surface area (TPSA) is 32.3 Å². The van der Waals surface area contributed by atoms with E-state index in [-0.39, 0.29) is 0 Å². The summed E-state index contributed by atoms with van der Waals surface area (Å²) in [7, 11) is 0. The Morgan fingerprint density at radius 3 is 0.700 bits per heavy atom. The molecule has 0 bridgehead atoms. The van der Waals surface area contributed by atoms with Gasteiger partial charge in [0.15, 0.2) is 0 Å². The second-order valence-electron chi connectivity index (χ2n) is 13.1. The first-order valence-electron chi connectivity index (χ1n) is 19.2. The van der Waals surface area contributed by atoms with Gasteiger partial charge in [0.2, 0.25) is 0 Å². The van der Waals surface area contributed by atoms with E-state index in [4.69, 9.17) is 5.11 Å². The Kier molecular flexibility index (Phi) is 38.8. The summed E-state index contributed by atoms with van der Waals surface area (Å²) in [5.41, 5.74) is 0. The molecule has 0 fully saturated rings. The molecule has 0 saturated heterocycles. The van der Waals surface area contributed by atoms with E-state index in [1.807, 2.05) is 0 Å². The van der Waals surface area contributed by atoms with Crippen LogP contribution in [0.15, 0.2) is 0 Å². The Bertz CT molecular complexity index is 374. The molecule has 0 amide bonds. The molecule has 0 aromatic heterocycles. The van der Waals surface area contributed by atoms with E-state index in [2.05, 4.69) is 12.2 Å². The zero-order valence-corrected chi connectivity index (χ0v) is 28.1. The number of rotatable bonds is 37. The van der Waals surface area contributed by atoms with Gasteiger partial charge in [0.1, 0.15) is 0 Å². The van der Waals surface area contributed by atoms with Gasteiger partial charge in [-0.3, -0.25) is 0 Å². The molecule has 242 valence electrons. The minimum atomic E-state index is 0.373. The Morgan fingerprint density at radius 1 is 0.275 bits per heavy atom. The lowest BCUT2D eigenvalue weighted by atomic mass is 10.0. The second-order valence-corrected chi connectivity index (χ2v) is 13.1. The third kappa shape index (κ3) is 37.9. The first kappa shape index (κ1) is 39.9. The SMILES string of the molecule is CCCCCCCCCCCCCCCCNCCCCCCCCCCCCCCCCCCCCCCO. The highest BCUT2D eigenvalue weighted by Gasteiger charge is 1.97. The van der Waals surface area contributed by atoms with Crippen LogP contribution in [0.5, 0.6) is 0 Å². The van der Waals surface area contributed by atoms with Crippen LogP contribution >= 0.6 is 0 Å². The van der Waals surface area contributed by atoms with Crippen LogP contribution in [-0.4, -0.2) is 24.8 Å². The lowest BCUT2D eigenvalue weighted by Crippen LogP contribution is -2.16. The normalized spacial score (nSPS) is 11.6. The van der Waals surface area contributed by atoms with Crippen molar-refractivity contribution in [1.29, 1.82) is 0 Å². The molecule has 0 radical (unpaired) electrons. The van der Waals surface area contributed by atoms with Crippen molar-refractivity contribution in [3.8, 4) is 0 Å². The van der Waals surface area contributed by atoms with Crippen LogP contribution in [0.1, 0.15) is 225 Å². The quantitative estimate of drug-likeness (QED) is 0.0734. The molecule has 2 heteroatoms. The van der Waals surface area contributed by atoms with E-state index in [0.29, 0.717) is 6.61 Å². The van der Waals surface area contributed by atoms with Gasteiger partial charge in [0, 0.05) is 6.61 Å². The van der Waals surface area contributed by atoms with Gasteiger partial charge in [-0.15, -0.1) is 0 Å². The minimum absolute atomic E-state index is 0.373. The third-order valence-electron chi connectivity index (χ3n) is 8.97. The molecule has 0 spiro atoms. The smallest absolute Gasteiger partial charge is 0.0431 e. The van der Waals surface area contributed by atoms with Crippen molar-refractivity contribution in [2.75, 3.05) is 19.7 Å². The Hall–Kier alpha value is -0.0800. The third-order valence-corrected chi connectivity index (χ3v) is 8.97. The molecule has 40 heavy (non-hydrogen) atoms. The molecule has 0 aliphatic rings. The molecular weight excluding hydrogens is 486 g/mol. The maximum absolute atomic E-state index is 8.79. The highest BCUT2D eigenvalue weighted by atomic mass is 16.2. The monoisotopic (exact) mass is 566 g/mol. The molecule has 0 aromatic rings. The summed E-state index contributed by atoms with van der Waals surface area (Å²) in [6, 6.07) is 0. The first-order valence-corrected chi connectivity index (χ1v) is 19.2. The van der Waals surface area contributed by atoms with E-state index in [9.17, 15) is 0 Å². The Labute approximate surface area is 255 Å². The number of nitrogens with one attached hydrogen (secondary N) is 1. The Balaban J connectivity index is 3.01. The highest BCUT2D eigenvalue weighted by Crippen LogP contribution is 2.15. The van der Waals surface area contributed by atoms with Crippen molar-refractivity contribution in [2.45, 2.75) is 225 Å². The number of hydrogen-bond donors (Lipinski definition) is 2. The van der Waals surface area contributed by atoms with Gasteiger partial charge >= 0.3 is 0 Å². The van der Waals surface area contributed by atoms with Crippen molar-refractivity contribution in [2.24, 2.45) is 0 Å². The molecule has 2 N–H and O–H groups in total. The fraction of sp³-hybridized carbons (Fsp3) is 1.00. The van der Waals surface area contributed by atoms with Gasteiger partial charge in [-0.05, 0) is 32.4 Å². The van der Waals surface area contributed by atoms with E-state index in [1.54, 1.807) is 0 Å². The van der Waals surface area contributed by atoms with Crippen molar-refractivity contribution in [1.82, 2.24) is 5.32 Å². The predicted molar refractivity (Wildman–Crippen MR) is 183 cm³/mol.